The molecule has 0 unspecified atom stereocenters. The van der Waals surface area contributed by atoms with E-state index < -0.39 is 0 Å². The zero-order chi connectivity index (χ0) is 19.5. The predicted molar refractivity (Wildman–Crippen MR) is 116 cm³/mol. The summed E-state index contributed by atoms with van der Waals surface area (Å²) in [7, 11) is 0. The molecular formula is C25H22N2O. The van der Waals surface area contributed by atoms with Crippen LogP contribution >= 0.6 is 0 Å². The van der Waals surface area contributed by atoms with Crippen molar-refractivity contribution in [3.63, 3.8) is 0 Å². The van der Waals surface area contributed by atoms with Gasteiger partial charge in [0.05, 0.1) is 11.0 Å². The highest BCUT2D eigenvalue weighted by Crippen LogP contribution is 2.40. The van der Waals surface area contributed by atoms with E-state index in [1.165, 1.54) is 5.56 Å². The lowest BCUT2D eigenvalue weighted by Gasteiger charge is -2.20. The highest BCUT2D eigenvalue weighted by atomic mass is 16.3. The van der Waals surface area contributed by atoms with Gasteiger partial charge in [-0.05, 0) is 34.6 Å². The van der Waals surface area contributed by atoms with Crippen LogP contribution in [0.4, 0.5) is 0 Å². The number of fused-ring (bicyclic) bond motifs is 5. The Bertz CT molecular complexity index is 1360. The summed E-state index contributed by atoms with van der Waals surface area (Å²) in [4.78, 5) is 4.69. The quantitative estimate of drug-likeness (QED) is 0.376. The number of benzene rings is 3. The number of phenols is 1. The molecule has 138 valence electrons. The lowest BCUT2D eigenvalue weighted by molar-refractivity contribution is 0.482. The molecule has 2 heterocycles. The van der Waals surface area contributed by atoms with E-state index in [1.54, 1.807) is 0 Å². The lowest BCUT2D eigenvalue weighted by atomic mass is 9.88. The summed E-state index contributed by atoms with van der Waals surface area (Å²) in [6.45, 7) is 6.62. The number of aromatic hydroxyl groups is 1. The number of hydrogen-bond acceptors (Lipinski definition) is 2. The van der Waals surface area contributed by atoms with Crippen LogP contribution in [0, 0.1) is 0 Å². The van der Waals surface area contributed by atoms with Gasteiger partial charge in [-0.3, -0.25) is 4.57 Å². The van der Waals surface area contributed by atoms with Crippen LogP contribution in [0.15, 0.2) is 72.9 Å². The van der Waals surface area contributed by atoms with Gasteiger partial charge in [0.15, 0.2) is 0 Å². The predicted octanol–water partition coefficient (Wildman–Crippen LogP) is 6.34. The first kappa shape index (κ1) is 16.8. The average molecular weight is 366 g/mol. The smallest absolute Gasteiger partial charge is 0.137 e. The van der Waals surface area contributed by atoms with E-state index in [9.17, 15) is 5.11 Å². The van der Waals surface area contributed by atoms with Gasteiger partial charge in [0.1, 0.15) is 11.6 Å². The second-order valence-electron chi connectivity index (χ2n) is 8.34. The van der Waals surface area contributed by atoms with Crippen molar-refractivity contribution in [1.82, 2.24) is 9.55 Å². The Hall–Kier alpha value is -3.33. The third kappa shape index (κ3) is 2.40. The van der Waals surface area contributed by atoms with Crippen LogP contribution in [0.1, 0.15) is 26.3 Å². The van der Waals surface area contributed by atoms with Crippen LogP contribution in [0.25, 0.3) is 38.4 Å². The van der Waals surface area contributed by atoms with E-state index in [4.69, 9.17) is 0 Å². The Morgan fingerprint density at radius 3 is 2.21 bits per heavy atom. The molecule has 5 rings (SSSR count). The first-order valence-corrected chi connectivity index (χ1v) is 9.56. The summed E-state index contributed by atoms with van der Waals surface area (Å²) >= 11 is 0. The molecule has 0 fully saturated rings. The standard InChI is InChI=1S/C25H22N2O/c1-25(2,3)16-12-13-26-23(14-16)27-20-11-7-6-10-19(20)24-18-9-5-4-8-17(18)22(28)15-21(24)27/h4-15,28H,1-3H3. The largest absolute Gasteiger partial charge is 0.507 e. The van der Waals surface area contributed by atoms with Gasteiger partial charge in [-0.2, -0.15) is 0 Å². The van der Waals surface area contributed by atoms with Gasteiger partial charge in [0.2, 0.25) is 0 Å². The minimum atomic E-state index is 0.0330. The molecule has 0 bridgehead atoms. The molecule has 0 amide bonds. The number of para-hydroxylation sites is 1. The summed E-state index contributed by atoms with van der Waals surface area (Å²) < 4.78 is 2.16. The van der Waals surface area contributed by atoms with Crippen LogP contribution in [-0.4, -0.2) is 14.7 Å². The minimum absolute atomic E-state index is 0.0330. The maximum absolute atomic E-state index is 10.7. The van der Waals surface area contributed by atoms with Crippen LogP contribution < -0.4 is 0 Å². The van der Waals surface area contributed by atoms with E-state index in [0.29, 0.717) is 5.75 Å². The van der Waals surface area contributed by atoms with Crippen LogP contribution in [0.3, 0.4) is 0 Å². The van der Waals surface area contributed by atoms with Crippen molar-refractivity contribution in [2.24, 2.45) is 0 Å². The first-order valence-electron chi connectivity index (χ1n) is 9.56. The molecule has 2 aromatic heterocycles. The molecule has 0 aliphatic carbocycles. The van der Waals surface area contributed by atoms with Crippen molar-refractivity contribution >= 4 is 32.6 Å². The lowest BCUT2D eigenvalue weighted by Crippen LogP contribution is -2.12. The molecular weight excluding hydrogens is 344 g/mol. The van der Waals surface area contributed by atoms with E-state index in [0.717, 1.165) is 38.4 Å². The Kier molecular flexibility index (Phi) is 3.50. The Balaban J connectivity index is 1.97. The molecule has 5 aromatic rings. The fourth-order valence-electron chi connectivity index (χ4n) is 4.07. The van der Waals surface area contributed by atoms with Crippen LogP contribution in [-0.2, 0) is 5.41 Å². The molecule has 3 heteroatoms. The second-order valence-corrected chi connectivity index (χ2v) is 8.34. The topological polar surface area (TPSA) is 38.0 Å². The monoisotopic (exact) mass is 366 g/mol. The summed E-state index contributed by atoms with van der Waals surface area (Å²) in [6, 6.07) is 22.5. The maximum Gasteiger partial charge on any atom is 0.137 e. The Morgan fingerprint density at radius 2 is 1.46 bits per heavy atom. The van der Waals surface area contributed by atoms with Gasteiger partial charge in [0, 0.05) is 28.4 Å². The third-order valence-electron chi connectivity index (χ3n) is 5.50. The highest BCUT2D eigenvalue weighted by Gasteiger charge is 2.19. The molecule has 3 nitrogen and oxygen atoms in total. The van der Waals surface area contributed by atoms with Crippen molar-refractivity contribution in [1.29, 1.82) is 0 Å². The van der Waals surface area contributed by atoms with Gasteiger partial charge in [-0.1, -0.05) is 63.2 Å². The van der Waals surface area contributed by atoms with Gasteiger partial charge in [-0.25, -0.2) is 4.98 Å². The van der Waals surface area contributed by atoms with Crippen molar-refractivity contribution in [2.75, 3.05) is 0 Å². The zero-order valence-corrected chi connectivity index (χ0v) is 16.3. The number of phenolic OH excluding ortho intramolecular Hbond substituents is 1. The molecule has 0 atom stereocenters. The van der Waals surface area contributed by atoms with Gasteiger partial charge < -0.3 is 5.11 Å². The molecule has 0 spiro atoms. The van der Waals surface area contributed by atoms with Crippen molar-refractivity contribution in [3.05, 3.63) is 78.5 Å². The van der Waals surface area contributed by atoms with E-state index in [1.807, 2.05) is 36.5 Å². The molecule has 1 N–H and O–H groups in total. The highest BCUT2D eigenvalue weighted by molar-refractivity contribution is 6.22. The van der Waals surface area contributed by atoms with Gasteiger partial charge >= 0.3 is 0 Å². The minimum Gasteiger partial charge on any atom is -0.507 e. The van der Waals surface area contributed by atoms with E-state index in [-0.39, 0.29) is 5.41 Å². The second kappa shape index (κ2) is 5.83. The van der Waals surface area contributed by atoms with Gasteiger partial charge in [-0.15, -0.1) is 0 Å². The number of hydrogen-bond donors (Lipinski definition) is 1. The summed E-state index contributed by atoms with van der Waals surface area (Å²) in [5.41, 5.74) is 3.32. The van der Waals surface area contributed by atoms with Crippen LogP contribution in [0.5, 0.6) is 5.75 Å². The molecule has 0 aliphatic rings. The van der Waals surface area contributed by atoms with Crippen molar-refractivity contribution in [3.8, 4) is 11.6 Å². The van der Waals surface area contributed by atoms with Crippen molar-refractivity contribution < 1.29 is 5.11 Å². The number of nitrogens with zero attached hydrogens (tertiary/aromatic N) is 2. The fraction of sp³-hybridized carbons (Fsp3) is 0.160. The number of aromatic nitrogens is 2. The Morgan fingerprint density at radius 1 is 0.786 bits per heavy atom. The molecule has 3 aromatic carbocycles. The third-order valence-corrected chi connectivity index (χ3v) is 5.50. The molecule has 0 saturated heterocycles. The molecule has 28 heavy (non-hydrogen) atoms. The number of rotatable bonds is 1. The maximum atomic E-state index is 10.7. The molecule has 0 saturated carbocycles. The summed E-state index contributed by atoms with van der Waals surface area (Å²) in [6.07, 6.45) is 1.87. The summed E-state index contributed by atoms with van der Waals surface area (Å²) in [5.74, 6) is 1.16. The zero-order valence-electron chi connectivity index (χ0n) is 16.3. The Labute approximate surface area is 163 Å². The van der Waals surface area contributed by atoms with Crippen molar-refractivity contribution in [2.45, 2.75) is 26.2 Å². The first-order chi connectivity index (χ1) is 13.4. The molecule has 0 aliphatic heterocycles. The fourth-order valence-corrected chi connectivity index (χ4v) is 4.07. The number of pyridine rings is 1. The van der Waals surface area contributed by atoms with Gasteiger partial charge in [0.25, 0.3) is 0 Å². The van der Waals surface area contributed by atoms with E-state index >= 15 is 0 Å². The normalized spacial score (nSPS) is 12.2. The average Bonchev–Trinajstić information content (AvgIpc) is 3.02. The van der Waals surface area contributed by atoms with E-state index in [2.05, 4.69) is 66.7 Å². The van der Waals surface area contributed by atoms with Crippen LogP contribution in [0.2, 0.25) is 0 Å². The molecule has 0 radical (unpaired) electrons. The summed E-state index contributed by atoms with van der Waals surface area (Å²) in [5, 5.41) is 14.9. The SMILES string of the molecule is CC(C)(C)c1ccnc(-n2c3ccccc3c3c4ccccc4c(O)cc32)c1.